The van der Waals surface area contributed by atoms with Crippen LogP contribution in [-0.4, -0.2) is 38.8 Å². The maximum atomic E-state index is 5.04. The van der Waals surface area contributed by atoms with Crippen molar-refractivity contribution in [2.45, 2.75) is 32.9 Å². The summed E-state index contributed by atoms with van der Waals surface area (Å²) in [7, 11) is 1.58. The number of rotatable bonds is 7. The molecule has 2 heterocycles. The van der Waals surface area contributed by atoms with Gasteiger partial charge in [-0.3, -0.25) is 0 Å². The van der Waals surface area contributed by atoms with Crippen LogP contribution in [0.2, 0.25) is 0 Å². The van der Waals surface area contributed by atoms with Crippen LogP contribution in [0.1, 0.15) is 37.7 Å². The van der Waals surface area contributed by atoms with E-state index in [1.165, 1.54) is 0 Å². The zero-order valence-electron chi connectivity index (χ0n) is 12.1. The van der Waals surface area contributed by atoms with E-state index in [0.717, 1.165) is 30.9 Å². The van der Waals surface area contributed by atoms with E-state index in [9.17, 15) is 0 Å². The predicted octanol–water partition coefficient (Wildman–Crippen LogP) is 1.19. The summed E-state index contributed by atoms with van der Waals surface area (Å²) in [6, 6.07) is 3.64. The van der Waals surface area contributed by atoms with Crippen molar-refractivity contribution >= 4 is 0 Å². The summed E-state index contributed by atoms with van der Waals surface area (Å²) < 4.78 is 6.94. The van der Waals surface area contributed by atoms with Crippen molar-refractivity contribution in [3.8, 4) is 5.88 Å². The predicted molar refractivity (Wildman–Crippen MR) is 74.4 cm³/mol. The van der Waals surface area contributed by atoms with Crippen molar-refractivity contribution in [3.05, 3.63) is 29.7 Å². The maximum Gasteiger partial charge on any atom is 0.233 e. The van der Waals surface area contributed by atoms with Crippen molar-refractivity contribution in [1.82, 2.24) is 30.5 Å². The smallest absolute Gasteiger partial charge is 0.233 e. The zero-order valence-corrected chi connectivity index (χ0v) is 12.1. The number of aryl methyl sites for hydroxylation is 1. The molecule has 0 aliphatic carbocycles. The first-order valence-electron chi connectivity index (χ1n) is 6.79. The molecule has 1 atom stereocenters. The normalized spacial score (nSPS) is 12.3. The maximum absolute atomic E-state index is 5.04. The third-order valence-electron chi connectivity index (χ3n) is 2.95. The highest BCUT2D eigenvalue weighted by atomic mass is 16.5. The summed E-state index contributed by atoms with van der Waals surface area (Å²) in [6.07, 6.45) is 2.78. The van der Waals surface area contributed by atoms with E-state index in [-0.39, 0.29) is 6.04 Å². The molecule has 0 aliphatic rings. The molecule has 0 radical (unpaired) electrons. The third kappa shape index (κ3) is 3.11. The quantitative estimate of drug-likeness (QED) is 0.818. The van der Waals surface area contributed by atoms with Crippen LogP contribution in [-0.2, 0) is 6.54 Å². The van der Waals surface area contributed by atoms with Crippen molar-refractivity contribution in [2.75, 3.05) is 13.7 Å². The van der Waals surface area contributed by atoms with Gasteiger partial charge in [0.05, 0.1) is 30.7 Å². The Bertz CT molecular complexity index is 524. The molecule has 0 aromatic carbocycles. The summed E-state index contributed by atoms with van der Waals surface area (Å²) in [5.74, 6) is 0.504. The number of nitrogens with zero attached hydrogens (tertiary/aromatic N) is 5. The zero-order chi connectivity index (χ0) is 14.4. The highest BCUT2D eigenvalue weighted by Crippen LogP contribution is 2.20. The first-order chi connectivity index (χ1) is 9.80. The van der Waals surface area contributed by atoms with Crippen LogP contribution in [0.4, 0.5) is 0 Å². The lowest BCUT2D eigenvalue weighted by Gasteiger charge is -2.17. The molecule has 20 heavy (non-hydrogen) atoms. The second-order valence-corrected chi connectivity index (χ2v) is 4.37. The summed E-state index contributed by atoms with van der Waals surface area (Å²) in [5, 5.41) is 19.8. The highest BCUT2D eigenvalue weighted by molar-refractivity contribution is 5.21. The van der Waals surface area contributed by atoms with Crippen LogP contribution in [0.3, 0.4) is 0 Å². The minimum absolute atomic E-state index is 0.0695. The first kappa shape index (κ1) is 14.4. The Morgan fingerprint density at radius 3 is 2.75 bits per heavy atom. The number of hydrogen-bond acceptors (Lipinski definition) is 6. The fraction of sp³-hybridized carbons (Fsp3) is 0.538. The molecule has 2 aromatic heterocycles. The van der Waals surface area contributed by atoms with Crippen molar-refractivity contribution < 1.29 is 4.74 Å². The number of aromatic nitrogens is 5. The van der Waals surface area contributed by atoms with E-state index in [2.05, 4.69) is 39.7 Å². The second-order valence-electron chi connectivity index (χ2n) is 4.37. The minimum atomic E-state index is -0.0695. The van der Waals surface area contributed by atoms with Gasteiger partial charge >= 0.3 is 0 Å². The van der Waals surface area contributed by atoms with Crippen LogP contribution in [0, 0.1) is 0 Å². The van der Waals surface area contributed by atoms with E-state index in [4.69, 9.17) is 4.74 Å². The van der Waals surface area contributed by atoms with E-state index in [1.807, 2.05) is 10.7 Å². The standard InChI is InChI=1S/C13H20N6O/c1-4-8-19-11(9-15-18-19)13(14-5-2)10-6-7-12(20-3)17-16-10/h6-7,9,13-14H,4-5,8H2,1-3H3. The Hall–Kier alpha value is -2.02. The monoisotopic (exact) mass is 276 g/mol. The average Bonchev–Trinajstić information content (AvgIpc) is 2.93. The Balaban J connectivity index is 2.31. The summed E-state index contributed by atoms with van der Waals surface area (Å²) >= 11 is 0. The Morgan fingerprint density at radius 2 is 2.15 bits per heavy atom. The van der Waals surface area contributed by atoms with Gasteiger partial charge in [-0.05, 0) is 19.0 Å². The van der Waals surface area contributed by atoms with E-state index in [1.54, 1.807) is 19.4 Å². The summed E-state index contributed by atoms with van der Waals surface area (Å²) in [5.41, 5.74) is 1.82. The molecule has 2 rings (SSSR count). The number of methoxy groups -OCH3 is 1. The van der Waals surface area contributed by atoms with Crippen LogP contribution in [0.5, 0.6) is 5.88 Å². The molecule has 1 N–H and O–H groups in total. The third-order valence-corrected chi connectivity index (χ3v) is 2.95. The molecule has 7 heteroatoms. The van der Waals surface area contributed by atoms with Crippen molar-refractivity contribution in [3.63, 3.8) is 0 Å². The van der Waals surface area contributed by atoms with Crippen LogP contribution >= 0.6 is 0 Å². The van der Waals surface area contributed by atoms with E-state index >= 15 is 0 Å². The number of ether oxygens (including phenoxy) is 1. The van der Waals surface area contributed by atoms with Gasteiger partial charge in [-0.15, -0.1) is 15.3 Å². The molecule has 0 spiro atoms. The highest BCUT2D eigenvalue weighted by Gasteiger charge is 2.20. The van der Waals surface area contributed by atoms with Gasteiger partial charge in [-0.1, -0.05) is 19.1 Å². The molecule has 108 valence electrons. The number of nitrogens with one attached hydrogen (secondary N) is 1. The van der Waals surface area contributed by atoms with Crippen LogP contribution in [0.25, 0.3) is 0 Å². The SMILES string of the molecule is CCCn1nncc1C(NCC)c1ccc(OC)nn1. The molecule has 0 saturated carbocycles. The van der Waals surface area contributed by atoms with Gasteiger partial charge in [0.15, 0.2) is 0 Å². The minimum Gasteiger partial charge on any atom is -0.480 e. The molecule has 0 saturated heterocycles. The average molecular weight is 276 g/mol. The fourth-order valence-electron chi connectivity index (χ4n) is 2.03. The molecule has 0 fully saturated rings. The Morgan fingerprint density at radius 1 is 1.30 bits per heavy atom. The topological polar surface area (TPSA) is 77.8 Å². The first-order valence-corrected chi connectivity index (χ1v) is 6.79. The van der Waals surface area contributed by atoms with E-state index < -0.39 is 0 Å². The van der Waals surface area contributed by atoms with Crippen molar-refractivity contribution in [2.24, 2.45) is 0 Å². The Labute approximate surface area is 118 Å². The summed E-state index contributed by atoms with van der Waals surface area (Å²) in [6.45, 7) is 5.81. The fourth-order valence-corrected chi connectivity index (χ4v) is 2.03. The molecule has 0 bridgehead atoms. The molecule has 1 unspecified atom stereocenters. The Kier molecular flexibility index (Phi) is 5.00. The van der Waals surface area contributed by atoms with Crippen LogP contribution < -0.4 is 10.1 Å². The van der Waals surface area contributed by atoms with E-state index in [0.29, 0.717) is 5.88 Å². The van der Waals surface area contributed by atoms with Crippen LogP contribution in [0.15, 0.2) is 18.3 Å². The van der Waals surface area contributed by atoms with Crippen molar-refractivity contribution in [1.29, 1.82) is 0 Å². The molecule has 2 aromatic rings. The van der Waals surface area contributed by atoms with Gasteiger partial charge in [0, 0.05) is 12.6 Å². The molecule has 0 amide bonds. The molecule has 0 aliphatic heterocycles. The lowest BCUT2D eigenvalue weighted by Crippen LogP contribution is -2.26. The van der Waals surface area contributed by atoms with Gasteiger partial charge < -0.3 is 10.1 Å². The number of hydrogen-bond donors (Lipinski definition) is 1. The van der Waals surface area contributed by atoms with Gasteiger partial charge in [0.25, 0.3) is 0 Å². The van der Waals surface area contributed by atoms with Gasteiger partial charge in [-0.2, -0.15) is 0 Å². The molecular formula is C13H20N6O. The molecule has 7 nitrogen and oxygen atoms in total. The van der Waals surface area contributed by atoms with Gasteiger partial charge in [0.1, 0.15) is 0 Å². The summed E-state index contributed by atoms with van der Waals surface area (Å²) in [4.78, 5) is 0. The lowest BCUT2D eigenvalue weighted by atomic mass is 10.1. The largest absolute Gasteiger partial charge is 0.480 e. The molecular weight excluding hydrogens is 256 g/mol. The van der Waals surface area contributed by atoms with Gasteiger partial charge in [0.2, 0.25) is 5.88 Å². The lowest BCUT2D eigenvalue weighted by molar-refractivity contribution is 0.389. The second kappa shape index (κ2) is 6.95. The van der Waals surface area contributed by atoms with Gasteiger partial charge in [-0.25, -0.2) is 4.68 Å².